The fourth-order valence-corrected chi connectivity index (χ4v) is 2.49. The summed E-state index contributed by atoms with van der Waals surface area (Å²) in [6.07, 6.45) is 4.50. The van der Waals surface area contributed by atoms with Gasteiger partial charge in [0, 0.05) is 0 Å². The molecule has 21 heavy (non-hydrogen) atoms. The first-order valence-electron chi connectivity index (χ1n) is 6.81. The molecule has 8 heteroatoms. The second kappa shape index (κ2) is 6.19. The third kappa shape index (κ3) is 3.20. The van der Waals surface area contributed by atoms with Crippen molar-refractivity contribution in [2.45, 2.75) is 25.3 Å². The first-order valence-corrected chi connectivity index (χ1v) is 7.19. The van der Waals surface area contributed by atoms with E-state index in [4.69, 9.17) is 11.6 Å². The maximum atomic E-state index is 12.2. The summed E-state index contributed by atoms with van der Waals surface area (Å²) in [4.78, 5) is 12.2. The van der Waals surface area contributed by atoms with Gasteiger partial charge < -0.3 is 10.6 Å². The molecule has 1 atom stereocenters. The predicted octanol–water partition coefficient (Wildman–Crippen LogP) is 1.40. The fraction of sp³-hybridized carbons (Fsp3) is 0.385. The Morgan fingerprint density at radius 3 is 3.05 bits per heavy atom. The van der Waals surface area contributed by atoms with E-state index in [0.29, 0.717) is 10.7 Å². The normalized spacial score (nSPS) is 18.4. The maximum Gasteiger partial charge on any atom is 0.241 e. The van der Waals surface area contributed by atoms with Crippen LogP contribution in [0, 0.1) is 0 Å². The summed E-state index contributed by atoms with van der Waals surface area (Å²) in [6, 6.07) is 5.08. The summed E-state index contributed by atoms with van der Waals surface area (Å²) < 4.78 is 1.50. The second-order valence-electron chi connectivity index (χ2n) is 4.91. The number of anilines is 1. The van der Waals surface area contributed by atoms with Crippen LogP contribution in [0.5, 0.6) is 0 Å². The van der Waals surface area contributed by atoms with Crippen LogP contribution in [-0.2, 0) is 4.79 Å². The summed E-state index contributed by atoms with van der Waals surface area (Å²) in [5.74, 6) is -0.0644. The number of halogens is 1. The lowest BCUT2D eigenvalue weighted by atomic mass is 10.0. The molecule has 1 amide bonds. The third-order valence-electron chi connectivity index (χ3n) is 3.45. The summed E-state index contributed by atoms with van der Waals surface area (Å²) >= 11 is 6.14. The van der Waals surface area contributed by atoms with E-state index < -0.39 is 0 Å². The highest BCUT2D eigenvalue weighted by Crippen LogP contribution is 2.25. The Balaban J connectivity index is 1.78. The van der Waals surface area contributed by atoms with Gasteiger partial charge in [0.15, 0.2) is 0 Å². The fourth-order valence-electron chi connectivity index (χ4n) is 2.33. The monoisotopic (exact) mass is 306 g/mol. The molecule has 0 radical (unpaired) electrons. The van der Waals surface area contributed by atoms with Crippen LogP contribution in [0.15, 0.2) is 24.5 Å². The smallest absolute Gasteiger partial charge is 0.241 e. The van der Waals surface area contributed by atoms with Gasteiger partial charge in [-0.1, -0.05) is 18.0 Å². The van der Waals surface area contributed by atoms with E-state index in [0.717, 1.165) is 31.5 Å². The molecule has 0 spiro atoms. The molecule has 1 aliphatic heterocycles. The number of piperidine rings is 1. The molecule has 0 bridgehead atoms. The van der Waals surface area contributed by atoms with Gasteiger partial charge in [0.1, 0.15) is 6.33 Å². The van der Waals surface area contributed by atoms with Gasteiger partial charge in [-0.25, -0.2) is 4.68 Å². The van der Waals surface area contributed by atoms with Crippen molar-refractivity contribution in [2.24, 2.45) is 0 Å². The van der Waals surface area contributed by atoms with E-state index in [1.54, 1.807) is 18.2 Å². The van der Waals surface area contributed by atoms with Crippen LogP contribution >= 0.6 is 11.6 Å². The minimum atomic E-state index is -0.161. The summed E-state index contributed by atoms with van der Waals surface area (Å²) in [6.45, 7) is 0.872. The van der Waals surface area contributed by atoms with Gasteiger partial charge in [-0.3, -0.25) is 4.79 Å². The molecule has 0 unspecified atom stereocenters. The summed E-state index contributed by atoms with van der Waals surface area (Å²) in [5.41, 5.74) is 1.29. The number of aromatic nitrogens is 4. The number of tetrazole rings is 1. The number of hydrogen-bond acceptors (Lipinski definition) is 5. The van der Waals surface area contributed by atoms with Crippen molar-refractivity contribution in [3.63, 3.8) is 0 Å². The van der Waals surface area contributed by atoms with Crippen LogP contribution in [0.2, 0.25) is 5.02 Å². The van der Waals surface area contributed by atoms with Crippen LogP contribution in [0.1, 0.15) is 19.3 Å². The highest BCUT2D eigenvalue weighted by Gasteiger charge is 2.21. The number of nitrogens with one attached hydrogen (secondary N) is 2. The highest BCUT2D eigenvalue weighted by molar-refractivity contribution is 6.33. The van der Waals surface area contributed by atoms with Crippen LogP contribution in [0.4, 0.5) is 5.69 Å². The molecule has 1 saturated heterocycles. The SMILES string of the molecule is O=C(Nc1cc(-n2cnnn2)ccc1Cl)[C@@H]1CCCCN1. The van der Waals surface area contributed by atoms with Gasteiger partial charge in [-0.2, -0.15) is 0 Å². The van der Waals surface area contributed by atoms with E-state index >= 15 is 0 Å². The van der Waals surface area contributed by atoms with Crippen LogP contribution in [0.3, 0.4) is 0 Å². The van der Waals surface area contributed by atoms with Crippen molar-refractivity contribution in [1.29, 1.82) is 0 Å². The topological polar surface area (TPSA) is 84.7 Å². The Morgan fingerprint density at radius 1 is 1.43 bits per heavy atom. The molecule has 2 aromatic rings. The molecule has 3 rings (SSSR count). The second-order valence-corrected chi connectivity index (χ2v) is 5.32. The van der Waals surface area contributed by atoms with E-state index in [1.807, 2.05) is 0 Å². The average molecular weight is 307 g/mol. The minimum absolute atomic E-state index is 0.0644. The lowest BCUT2D eigenvalue weighted by Crippen LogP contribution is -2.43. The van der Waals surface area contributed by atoms with Crippen molar-refractivity contribution in [3.05, 3.63) is 29.5 Å². The minimum Gasteiger partial charge on any atom is -0.323 e. The van der Waals surface area contributed by atoms with Crippen molar-refractivity contribution in [1.82, 2.24) is 25.5 Å². The zero-order valence-corrected chi connectivity index (χ0v) is 12.0. The number of carbonyl (C=O) groups excluding carboxylic acids is 1. The van der Waals surface area contributed by atoms with Gasteiger partial charge in [0.25, 0.3) is 0 Å². The molecular formula is C13H15ClN6O. The van der Waals surface area contributed by atoms with Gasteiger partial charge >= 0.3 is 0 Å². The number of rotatable bonds is 3. The van der Waals surface area contributed by atoms with Crippen LogP contribution in [0.25, 0.3) is 5.69 Å². The molecule has 2 heterocycles. The Hall–Kier alpha value is -1.99. The Morgan fingerprint density at radius 2 is 2.33 bits per heavy atom. The number of nitrogens with zero attached hydrogens (tertiary/aromatic N) is 4. The molecule has 0 aliphatic carbocycles. The van der Waals surface area contributed by atoms with Crippen LogP contribution in [-0.4, -0.2) is 38.7 Å². The Bertz CT molecular complexity index is 624. The van der Waals surface area contributed by atoms with Crippen LogP contribution < -0.4 is 10.6 Å². The Labute approximate surface area is 126 Å². The molecule has 0 saturated carbocycles. The van der Waals surface area contributed by atoms with Crippen molar-refractivity contribution in [3.8, 4) is 5.69 Å². The van der Waals surface area contributed by atoms with Crippen molar-refractivity contribution in [2.75, 3.05) is 11.9 Å². The number of amides is 1. The first-order chi connectivity index (χ1) is 10.2. The lowest BCUT2D eigenvalue weighted by Gasteiger charge is -2.22. The zero-order valence-electron chi connectivity index (χ0n) is 11.3. The predicted molar refractivity (Wildman–Crippen MR) is 78.4 cm³/mol. The molecule has 2 N–H and O–H groups in total. The van der Waals surface area contributed by atoms with Crippen molar-refractivity contribution >= 4 is 23.2 Å². The maximum absolute atomic E-state index is 12.2. The van der Waals surface area contributed by atoms with Gasteiger partial charge in [-0.05, 0) is 48.0 Å². The molecule has 1 aliphatic rings. The molecule has 1 aromatic heterocycles. The number of hydrogen-bond donors (Lipinski definition) is 2. The number of carbonyl (C=O) groups is 1. The molecule has 1 aromatic carbocycles. The largest absolute Gasteiger partial charge is 0.323 e. The van der Waals surface area contributed by atoms with E-state index in [1.165, 1.54) is 11.0 Å². The lowest BCUT2D eigenvalue weighted by molar-refractivity contribution is -0.118. The number of benzene rings is 1. The van der Waals surface area contributed by atoms with Crippen molar-refractivity contribution < 1.29 is 4.79 Å². The van der Waals surface area contributed by atoms with E-state index in [2.05, 4.69) is 26.2 Å². The molecule has 1 fully saturated rings. The van der Waals surface area contributed by atoms with Gasteiger partial charge in [-0.15, -0.1) is 5.10 Å². The van der Waals surface area contributed by atoms with Gasteiger partial charge in [0.05, 0.1) is 22.4 Å². The zero-order chi connectivity index (χ0) is 14.7. The van der Waals surface area contributed by atoms with E-state index in [-0.39, 0.29) is 11.9 Å². The standard InChI is InChI=1S/C13H15ClN6O/c14-10-5-4-9(20-8-16-18-19-20)7-12(10)17-13(21)11-3-1-2-6-15-11/h4-5,7-8,11,15H,1-3,6H2,(H,17,21)/t11-/m0/s1. The highest BCUT2D eigenvalue weighted by atomic mass is 35.5. The quantitative estimate of drug-likeness (QED) is 0.895. The third-order valence-corrected chi connectivity index (χ3v) is 3.78. The first kappa shape index (κ1) is 14.0. The molecular weight excluding hydrogens is 292 g/mol. The Kier molecular flexibility index (Phi) is 4.12. The molecule has 7 nitrogen and oxygen atoms in total. The molecule has 110 valence electrons. The summed E-state index contributed by atoms with van der Waals surface area (Å²) in [5, 5.41) is 17.5. The summed E-state index contributed by atoms with van der Waals surface area (Å²) in [7, 11) is 0. The van der Waals surface area contributed by atoms with E-state index in [9.17, 15) is 4.79 Å². The average Bonchev–Trinajstić information content (AvgIpc) is 3.04. The van der Waals surface area contributed by atoms with Gasteiger partial charge in [0.2, 0.25) is 5.91 Å².